The van der Waals surface area contributed by atoms with E-state index in [1.807, 2.05) is 36.6 Å². The monoisotopic (exact) mass is 551 g/mol. The highest BCUT2D eigenvalue weighted by atomic mass is 32.2. The average molecular weight is 552 g/mol. The quantitative estimate of drug-likeness (QED) is 0.226. The molecule has 198 valence electrons. The maximum absolute atomic E-state index is 13.0. The Bertz CT molecular complexity index is 1300. The number of thioether (sulfide) groups is 1. The maximum atomic E-state index is 13.0. The first kappa shape index (κ1) is 27.2. The van der Waals surface area contributed by atoms with Crippen LogP contribution in [0.15, 0.2) is 66.0 Å². The molecule has 11 heteroatoms. The van der Waals surface area contributed by atoms with Gasteiger partial charge in [-0.3, -0.25) is 19.8 Å². The number of likely N-dealkylation sites (tertiary alicyclic amines) is 1. The van der Waals surface area contributed by atoms with Gasteiger partial charge >= 0.3 is 0 Å². The lowest BCUT2D eigenvalue weighted by Crippen LogP contribution is -2.48. The number of hydrogen-bond acceptors (Lipinski definition) is 7. The summed E-state index contributed by atoms with van der Waals surface area (Å²) in [5, 5.41) is 15.0. The fraction of sp³-hybridized carbons (Fsp3) is 0.259. The molecule has 2 heterocycles. The van der Waals surface area contributed by atoms with E-state index < -0.39 is 6.04 Å². The number of carbonyl (C=O) groups excluding carboxylic acids is 3. The van der Waals surface area contributed by atoms with Crippen LogP contribution in [-0.4, -0.2) is 59.1 Å². The zero-order chi connectivity index (χ0) is 27.1. The van der Waals surface area contributed by atoms with E-state index in [-0.39, 0.29) is 35.4 Å². The molecule has 5 N–H and O–H groups in total. The van der Waals surface area contributed by atoms with E-state index in [2.05, 4.69) is 10.6 Å². The van der Waals surface area contributed by atoms with E-state index in [4.69, 9.17) is 15.9 Å². The van der Waals surface area contributed by atoms with Crippen molar-refractivity contribution in [3.8, 4) is 11.5 Å². The Morgan fingerprint density at radius 1 is 1.08 bits per heavy atom. The van der Waals surface area contributed by atoms with Crippen LogP contribution in [0.5, 0.6) is 11.5 Å². The fourth-order valence-electron chi connectivity index (χ4n) is 4.06. The van der Waals surface area contributed by atoms with Crippen LogP contribution in [0.1, 0.15) is 27.2 Å². The summed E-state index contributed by atoms with van der Waals surface area (Å²) in [7, 11) is 0. The van der Waals surface area contributed by atoms with Crippen molar-refractivity contribution >= 4 is 46.7 Å². The third-order valence-corrected chi connectivity index (χ3v) is 8.06. The Morgan fingerprint density at radius 2 is 1.79 bits per heavy atom. The van der Waals surface area contributed by atoms with Crippen molar-refractivity contribution in [1.29, 1.82) is 5.41 Å². The van der Waals surface area contributed by atoms with Crippen LogP contribution in [0, 0.1) is 5.41 Å². The Labute approximate surface area is 229 Å². The molecule has 0 bridgehead atoms. The first-order chi connectivity index (χ1) is 18.3. The van der Waals surface area contributed by atoms with E-state index in [1.54, 1.807) is 52.4 Å². The molecule has 0 unspecified atom stereocenters. The van der Waals surface area contributed by atoms with E-state index in [0.29, 0.717) is 42.1 Å². The molecule has 2 atom stereocenters. The van der Waals surface area contributed by atoms with Crippen molar-refractivity contribution < 1.29 is 19.1 Å². The summed E-state index contributed by atoms with van der Waals surface area (Å²) in [6, 6.07) is 17.1. The smallest absolute Gasteiger partial charge is 0.251 e. The largest absolute Gasteiger partial charge is 0.457 e. The number of nitrogens with one attached hydrogen (secondary N) is 3. The van der Waals surface area contributed by atoms with Gasteiger partial charge in [-0.15, -0.1) is 11.3 Å². The summed E-state index contributed by atoms with van der Waals surface area (Å²) in [6.07, 6.45) is 2.49. The summed E-state index contributed by atoms with van der Waals surface area (Å²) >= 11 is 3.02. The number of hydrogen-bond donors (Lipinski definition) is 4. The molecule has 1 fully saturated rings. The van der Waals surface area contributed by atoms with E-state index in [0.717, 1.165) is 4.88 Å². The normalized spacial score (nSPS) is 16.6. The number of amides is 3. The zero-order valence-corrected chi connectivity index (χ0v) is 22.4. The summed E-state index contributed by atoms with van der Waals surface area (Å²) in [6.45, 7) is 0.520. The molecular formula is C27H29N5O4S2. The van der Waals surface area contributed by atoms with Gasteiger partial charge in [0.05, 0.1) is 13.1 Å². The van der Waals surface area contributed by atoms with Crippen molar-refractivity contribution in [3.05, 3.63) is 82.0 Å². The Kier molecular flexibility index (Phi) is 9.03. The van der Waals surface area contributed by atoms with Gasteiger partial charge in [-0.1, -0.05) is 18.2 Å². The molecule has 3 amide bonds. The van der Waals surface area contributed by atoms with Crippen LogP contribution in [0.25, 0.3) is 0 Å². The molecule has 4 rings (SSSR count). The van der Waals surface area contributed by atoms with Crippen molar-refractivity contribution in [2.24, 2.45) is 5.73 Å². The molecule has 1 aromatic heterocycles. The van der Waals surface area contributed by atoms with E-state index in [9.17, 15) is 14.4 Å². The van der Waals surface area contributed by atoms with Gasteiger partial charge in [-0.05, 0) is 55.1 Å². The number of para-hydroxylation sites is 1. The molecule has 38 heavy (non-hydrogen) atoms. The molecule has 1 aliphatic rings. The second kappa shape index (κ2) is 12.6. The number of nitrogen functional groups attached to an aromatic ring is 1. The highest BCUT2D eigenvalue weighted by molar-refractivity contribution is 7.99. The van der Waals surface area contributed by atoms with Gasteiger partial charge in [0, 0.05) is 33.2 Å². The number of nitrogens with zero attached hydrogens (tertiary/aromatic N) is 1. The van der Waals surface area contributed by atoms with Crippen LogP contribution in [-0.2, 0) is 16.1 Å². The third-order valence-electron chi connectivity index (χ3n) is 6.12. The number of benzene rings is 2. The van der Waals surface area contributed by atoms with Crippen LogP contribution in [0.3, 0.4) is 0 Å². The molecule has 9 nitrogen and oxygen atoms in total. The lowest BCUT2D eigenvalue weighted by molar-refractivity contribution is -0.137. The number of carbonyl (C=O) groups is 3. The van der Waals surface area contributed by atoms with Crippen LogP contribution in [0.2, 0.25) is 0 Å². The van der Waals surface area contributed by atoms with Crippen molar-refractivity contribution in [1.82, 2.24) is 15.5 Å². The third kappa shape index (κ3) is 6.93. The number of rotatable bonds is 10. The summed E-state index contributed by atoms with van der Waals surface area (Å²) in [5.74, 6) is 0.331. The highest BCUT2D eigenvalue weighted by Gasteiger charge is 2.39. The minimum Gasteiger partial charge on any atom is -0.457 e. The Morgan fingerprint density at radius 3 is 2.45 bits per heavy atom. The molecule has 0 aliphatic carbocycles. The molecule has 0 saturated carbocycles. The van der Waals surface area contributed by atoms with Gasteiger partial charge in [-0.2, -0.15) is 11.8 Å². The lowest BCUT2D eigenvalue weighted by atomic mass is 10.2. The van der Waals surface area contributed by atoms with Gasteiger partial charge in [0.2, 0.25) is 11.8 Å². The van der Waals surface area contributed by atoms with E-state index >= 15 is 0 Å². The second-order valence-corrected chi connectivity index (χ2v) is 10.8. The summed E-state index contributed by atoms with van der Waals surface area (Å²) in [5.41, 5.74) is 6.53. The molecule has 0 radical (unpaired) electrons. The minimum absolute atomic E-state index is 0.0206. The maximum Gasteiger partial charge on any atom is 0.251 e. The number of thiophene rings is 1. The number of amidine groups is 1. The van der Waals surface area contributed by atoms with Gasteiger partial charge in [0.25, 0.3) is 5.91 Å². The SMILES string of the molecule is CS[C@@H]1C[C@@H](C(=O)NCc2cc(C(=N)N)cs2)N(C(=O)CNC(=O)c2ccc(Oc3ccccc3)cc2)C1. The molecule has 3 aromatic rings. The van der Waals surface area contributed by atoms with Gasteiger partial charge in [-0.25, -0.2) is 0 Å². The number of nitrogens with two attached hydrogens (primary N) is 1. The lowest BCUT2D eigenvalue weighted by Gasteiger charge is -2.24. The fourth-order valence-corrected chi connectivity index (χ4v) is 5.57. The van der Waals surface area contributed by atoms with Crippen molar-refractivity contribution in [2.75, 3.05) is 19.3 Å². The Hall–Kier alpha value is -3.83. The van der Waals surface area contributed by atoms with Gasteiger partial charge < -0.3 is 26.0 Å². The second-order valence-electron chi connectivity index (χ2n) is 8.71. The average Bonchev–Trinajstić information content (AvgIpc) is 3.59. The zero-order valence-electron chi connectivity index (χ0n) is 20.8. The standard InChI is InChI=1S/C27H29N5O4S2/c1-37-22-12-23(27(35)30-13-21-11-18(16-38-21)25(28)29)32(15-22)24(33)14-31-26(34)17-7-9-20(10-8-17)36-19-5-3-2-4-6-19/h2-11,16,22-23H,12-15H2,1H3,(H3,28,29)(H,30,35)(H,31,34)/t22-,23+/m1/s1. The van der Waals surface area contributed by atoms with Crippen molar-refractivity contribution in [3.63, 3.8) is 0 Å². The molecule has 1 aliphatic heterocycles. The Balaban J connectivity index is 1.31. The first-order valence-electron chi connectivity index (χ1n) is 12.0. The summed E-state index contributed by atoms with van der Waals surface area (Å²) < 4.78 is 5.75. The van der Waals surface area contributed by atoms with Gasteiger partial charge in [0.1, 0.15) is 23.4 Å². The predicted molar refractivity (Wildman–Crippen MR) is 150 cm³/mol. The molecule has 2 aromatic carbocycles. The van der Waals surface area contributed by atoms with Crippen LogP contribution >= 0.6 is 23.1 Å². The van der Waals surface area contributed by atoms with E-state index in [1.165, 1.54) is 11.3 Å². The molecule has 0 spiro atoms. The van der Waals surface area contributed by atoms with Crippen molar-refractivity contribution in [2.45, 2.75) is 24.3 Å². The topological polar surface area (TPSA) is 138 Å². The van der Waals surface area contributed by atoms with Crippen LogP contribution < -0.4 is 21.1 Å². The predicted octanol–water partition coefficient (Wildman–Crippen LogP) is 3.20. The van der Waals surface area contributed by atoms with Gasteiger partial charge in [0.15, 0.2) is 0 Å². The first-order valence-corrected chi connectivity index (χ1v) is 14.1. The summed E-state index contributed by atoms with van der Waals surface area (Å²) in [4.78, 5) is 41.1. The molecule has 1 saturated heterocycles. The minimum atomic E-state index is -0.612. The highest BCUT2D eigenvalue weighted by Crippen LogP contribution is 2.27. The molecular weight excluding hydrogens is 522 g/mol. The van der Waals surface area contributed by atoms with Crippen LogP contribution in [0.4, 0.5) is 0 Å². The number of ether oxygens (including phenoxy) is 1.